The Morgan fingerprint density at radius 1 is 1.19 bits per heavy atom. The molecule has 1 aromatic heterocycles. The van der Waals surface area contributed by atoms with Gasteiger partial charge in [-0.1, -0.05) is 30.0 Å². The molecule has 3 unspecified atom stereocenters. The number of nitrogens with one attached hydrogen (secondary N) is 3. The van der Waals surface area contributed by atoms with Gasteiger partial charge < -0.3 is 26.4 Å². The lowest BCUT2D eigenvalue weighted by Gasteiger charge is -2.46. The number of aromatic nitrogens is 1. The van der Waals surface area contributed by atoms with E-state index in [9.17, 15) is 9.59 Å². The van der Waals surface area contributed by atoms with Crippen LogP contribution in [-0.2, 0) is 4.79 Å². The Balaban J connectivity index is 1.24. The van der Waals surface area contributed by atoms with Crippen LogP contribution in [0.25, 0.3) is 0 Å². The average Bonchev–Trinajstić information content (AvgIpc) is 3.25. The van der Waals surface area contributed by atoms with E-state index in [1.807, 2.05) is 48.2 Å². The van der Waals surface area contributed by atoms with Crippen LogP contribution in [0.15, 0.2) is 53.1 Å². The molecule has 5 N–H and O–H groups in total. The van der Waals surface area contributed by atoms with E-state index >= 15 is 0 Å². The molecule has 2 saturated heterocycles. The number of piperidine rings is 1. The fourth-order valence-corrected chi connectivity index (χ4v) is 7.36. The number of nitrogens with zero attached hydrogens (tertiary/aromatic N) is 2. The van der Waals surface area contributed by atoms with Gasteiger partial charge in [-0.05, 0) is 63.8 Å². The molecule has 2 aromatic rings. The summed E-state index contributed by atoms with van der Waals surface area (Å²) in [5, 5.41) is 9.84. The Morgan fingerprint density at radius 3 is 2.81 bits per heavy atom. The first-order chi connectivity index (χ1) is 18.0. The van der Waals surface area contributed by atoms with E-state index in [0.29, 0.717) is 22.2 Å². The Hall–Kier alpha value is -3.08. The van der Waals surface area contributed by atoms with Crippen molar-refractivity contribution in [1.82, 2.24) is 20.9 Å². The van der Waals surface area contributed by atoms with Crippen LogP contribution in [-0.4, -0.2) is 47.0 Å². The van der Waals surface area contributed by atoms with Crippen molar-refractivity contribution in [3.8, 4) is 11.6 Å². The van der Waals surface area contributed by atoms with Crippen LogP contribution in [0.3, 0.4) is 0 Å². The SMILES string of the molecule is Cc1nc(Oc2ccccc2)ccc1N1C(=O)NC2=C(C(=O)N[C@H]3CCC[C@@H](N)C3)SC3NCCC1C23. The molecule has 4 heterocycles. The molecule has 1 aliphatic carbocycles. The number of amides is 3. The van der Waals surface area contributed by atoms with Crippen molar-refractivity contribution in [1.29, 1.82) is 0 Å². The Labute approximate surface area is 220 Å². The molecular formula is C27H32N6O3S. The van der Waals surface area contributed by atoms with Gasteiger partial charge in [-0.3, -0.25) is 9.69 Å². The molecule has 194 valence electrons. The standard InChI is InChI=1S/C27H32N6O3S/c1-15-19(10-11-21(30-15)36-18-8-3-2-4-9-18)33-20-12-13-29-26-22(20)23(32-27(33)35)24(37-26)25(34)31-17-7-5-6-16(28)14-17/h2-4,8-11,16-17,20,22,26,29H,5-7,12-14,28H2,1H3,(H,31,34)(H,32,35)/t16-,17+,20?,22?,26?/m1/s1. The highest BCUT2D eigenvalue weighted by atomic mass is 32.2. The molecule has 37 heavy (non-hydrogen) atoms. The van der Waals surface area contributed by atoms with E-state index in [1.165, 1.54) is 11.8 Å². The molecule has 0 radical (unpaired) electrons. The number of carbonyl (C=O) groups is 2. The summed E-state index contributed by atoms with van der Waals surface area (Å²) in [6.07, 6.45) is 4.55. The molecule has 5 atom stereocenters. The lowest BCUT2D eigenvalue weighted by Crippen LogP contribution is -2.62. The number of pyridine rings is 1. The Morgan fingerprint density at radius 2 is 2.03 bits per heavy atom. The van der Waals surface area contributed by atoms with E-state index in [4.69, 9.17) is 10.5 Å². The first-order valence-corrected chi connectivity index (χ1v) is 13.9. The van der Waals surface area contributed by atoms with Crippen LogP contribution in [0.2, 0.25) is 0 Å². The van der Waals surface area contributed by atoms with Crippen LogP contribution in [0, 0.1) is 12.8 Å². The second-order valence-electron chi connectivity index (χ2n) is 10.2. The minimum Gasteiger partial charge on any atom is -0.439 e. The molecule has 10 heteroatoms. The van der Waals surface area contributed by atoms with Crippen LogP contribution in [0.5, 0.6) is 11.6 Å². The third-order valence-electron chi connectivity index (χ3n) is 7.65. The van der Waals surface area contributed by atoms with Crippen molar-refractivity contribution in [3.05, 3.63) is 58.8 Å². The minimum absolute atomic E-state index is 0.00884. The zero-order chi connectivity index (χ0) is 25.5. The third-order valence-corrected chi connectivity index (χ3v) is 9.01. The quantitative estimate of drug-likeness (QED) is 0.477. The Bertz CT molecular complexity index is 1240. The van der Waals surface area contributed by atoms with E-state index in [-0.39, 0.29) is 41.4 Å². The van der Waals surface area contributed by atoms with Crippen LogP contribution < -0.4 is 31.3 Å². The molecule has 6 rings (SSSR count). The zero-order valence-electron chi connectivity index (χ0n) is 20.8. The highest BCUT2D eigenvalue weighted by Crippen LogP contribution is 2.48. The number of hydrogen-bond acceptors (Lipinski definition) is 7. The lowest BCUT2D eigenvalue weighted by molar-refractivity contribution is -0.117. The maximum absolute atomic E-state index is 13.5. The fraction of sp³-hybridized carbons (Fsp3) is 0.444. The van der Waals surface area contributed by atoms with Gasteiger partial charge in [-0.25, -0.2) is 9.78 Å². The predicted octanol–water partition coefficient (Wildman–Crippen LogP) is 3.36. The highest BCUT2D eigenvalue weighted by Gasteiger charge is 2.52. The fourth-order valence-electron chi connectivity index (χ4n) is 5.96. The molecule has 1 aromatic carbocycles. The first-order valence-electron chi connectivity index (χ1n) is 13.0. The second kappa shape index (κ2) is 10.00. The van der Waals surface area contributed by atoms with Crippen molar-refractivity contribution < 1.29 is 14.3 Å². The number of carbonyl (C=O) groups excluding carboxylic acids is 2. The number of aryl methyl sites for hydroxylation is 1. The summed E-state index contributed by atoms with van der Waals surface area (Å²) in [6.45, 7) is 2.66. The van der Waals surface area contributed by atoms with E-state index in [0.717, 1.165) is 50.0 Å². The van der Waals surface area contributed by atoms with E-state index in [2.05, 4.69) is 20.9 Å². The first kappa shape index (κ1) is 24.3. The maximum atomic E-state index is 13.5. The summed E-state index contributed by atoms with van der Waals surface area (Å²) in [5.74, 6) is 1.07. The van der Waals surface area contributed by atoms with Gasteiger partial charge in [0.25, 0.3) is 5.91 Å². The molecule has 9 nitrogen and oxygen atoms in total. The van der Waals surface area contributed by atoms with Crippen molar-refractivity contribution in [3.63, 3.8) is 0 Å². The lowest BCUT2D eigenvalue weighted by atomic mass is 9.86. The molecule has 0 spiro atoms. The summed E-state index contributed by atoms with van der Waals surface area (Å²) >= 11 is 1.52. The van der Waals surface area contributed by atoms with Gasteiger partial charge in [0.15, 0.2) is 0 Å². The van der Waals surface area contributed by atoms with Crippen LogP contribution in [0.4, 0.5) is 10.5 Å². The van der Waals surface area contributed by atoms with Gasteiger partial charge in [-0.15, -0.1) is 0 Å². The molecule has 0 bridgehead atoms. The van der Waals surface area contributed by atoms with Gasteiger partial charge in [0, 0.05) is 29.8 Å². The predicted molar refractivity (Wildman–Crippen MR) is 143 cm³/mol. The van der Waals surface area contributed by atoms with Gasteiger partial charge in [0.05, 0.1) is 27.7 Å². The molecule has 3 aliphatic heterocycles. The van der Waals surface area contributed by atoms with E-state index in [1.54, 1.807) is 6.07 Å². The number of thioether (sulfide) groups is 1. The molecule has 4 aliphatic rings. The largest absolute Gasteiger partial charge is 0.439 e. The Kier molecular flexibility index (Phi) is 6.56. The van der Waals surface area contributed by atoms with Crippen molar-refractivity contribution >= 4 is 29.4 Å². The van der Waals surface area contributed by atoms with Gasteiger partial charge in [-0.2, -0.15) is 0 Å². The molecule has 1 saturated carbocycles. The smallest absolute Gasteiger partial charge is 0.326 e. The van der Waals surface area contributed by atoms with E-state index < -0.39 is 0 Å². The molecule has 3 amide bonds. The number of rotatable bonds is 5. The number of hydrogen-bond donors (Lipinski definition) is 4. The molecule has 3 fully saturated rings. The van der Waals surface area contributed by atoms with Crippen LogP contribution >= 0.6 is 11.8 Å². The number of ether oxygens (including phenoxy) is 1. The summed E-state index contributed by atoms with van der Waals surface area (Å²) < 4.78 is 5.89. The van der Waals surface area contributed by atoms with Crippen molar-refractivity contribution in [2.24, 2.45) is 11.7 Å². The normalized spacial score (nSPS) is 29.0. The monoisotopic (exact) mass is 520 g/mol. The van der Waals surface area contributed by atoms with Gasteiger partial charge in [0.2, 0.25) is 5.88 Å². The highest BCUT2D eigenvalue weighted by molar-refractivity contribution is 8.04. The number of anilines is 1. The topological polar surface area (TPSA) is 122 Å². The van der Waals surface area contributed by atoms with Gasteiger partial charge in [0.1, 0.15) is 5.75 Å². The van der Waals surface area contributed by atoms with Crippen molar-refractivity contribution in [2.45, 2.75) is 62.5 Å². The number of benzene rings is 1. The summed E-state index contributed by atoms with van der Waals surface area (Å²) in [4.78, 5) is 33.9. The number of urea groups is 1. The van der Waals surface area contributed by atoms with Crippen molar-refractivity contribution in [2.75, 3.05) is 11.4 Å². The zero-order valence-corrected chi connectivity index (χ0v) is 21.6. The summed E-state index contributed by atoms with van der Waals surface area (Å²) in [6, 6.07) is 13.1. The second-order valence-corrected chi connectivity index (χ2v) is 11.3. The van der Waals surface area contributed by atoms with Gasteiger partial charge >= 0.3 is 6.03 Å². The molecular weight excluding hydrogens is 488 g/mol. The summed E-state index contributed by atoms with van der Waals surface area (Å²) in [5.41, 5.74) is 8.33. The summed E-state index contributed by atoms with van der Waals surface area (Å²) in [7, 11) is 0. The maximum Gasteiger partial charge on any atom is 0.326 e. The minimum atomic E-state index is -0.231. The van der Waals surface area contributed by atoms with Crippen LogP contribution in [0.1, 0.15) is 37.8 Å². The third kappa shape index (κ3) is 4.69. The number of para-hydroxylation sites is 1. The average molecular weight is 521 g/mol. The number of nitrogens with two attached hydrogens (primary N) is 1.